The zero-order valence-corrected chi connectivity index (χ0v) is 11.9. The molecule has 21 heavy (non-hydrogen) atoms. The number of aromatic nitrogens is 1. The number of benzene rings is 1. The SMILES string of the molecule is CC(O)CC1CCCN1c1ccnc2c(F)cc(F)cc12. The molecular formula is C16H18F2N2O. The highest BCUT2D eigenvalue weighted by Crippen LogP contribution is 2.34. The number of rotatable bonds is 3. The average molecular weight is 292 g/mol. The fourth-order valence-electron chi connectivity index (χ4n) is 3.21. The Labute approximate surface area is 122 Å². The Morgan fingerprint density at radius 1 is 1.43 bits per heavy atom. The van der Waals surface area contributed by atoms with E-state index in [9.17, 15) is 13.9 Å². The minimum atomic E-state index is -0.641. The second-order valence-corrected chi connectivity index (χ2v) is 5.69. The van der Waals surface area contributed by atoms with Gasteiger partial charge in [0.25, 0.3) is 0 Å². The number of nitrogens with zero attached hydrogens (tertiary/aromatic N) is 2. The fraction of sp³-hybridized carbons (Fsp3) is 0.438. The van der Waals surface area contributed by atoms with Gasteiger partial charge in [0.15, 0.2) is 5.82 Å². The van der Waals surface area contributed by atoms with Crippen molar-refractivity contribution < 1.29 is 13.9 Å². The quantitative estimate of drug-likeness (QED) is 0.943. The van der Waals surface area contributed by atoms with E-state index in [1.165, 1.54) is 6.07 Å². The van der Waals surface area contributed by atoms with E-state index in [0.717, 1.165) is 31.1 Å². The van der Waals surface area contributed by atoms with Crippen LogP contribution < -0.4 is 4.90 Å². The lowest BCUT2D eigenvalue weighted by Gasteiger charge is -2.28. The second-order valence-electron chi connectivity index (χ2n) is 5.69. The predicted molar refractivity (Wildman–Crippen MR) is 78.3 cm³/mol. The van der Waals surface area contributed by atoms with Crippen molar-refractivity contribution >= 4 is 16.6 Å². The molecule has 2 unspecified atom stereocenters. The van der Waals surface area contributed by atoms with Crippen LogP contribution in [0.25, 0.3) is 10.9 Å². The van der Waals surface area contributed by atoms with E-state index < -0.39 is 17.7 Å². The van der Waals surface area contributed by atoms with E-state index in [2.05, 4.69) is 9.88 Å². The van der Waals surface area contributed by atoms with Crippen LogP contribution in [0.4, 0.5) is 14.5 Å². The normalized spacial score (nSPS) is 20.2. The number of aliphatic hydroxyl groups excluding tert-OH is 1. The Balaban J connectivity index is 2.07. The molecule has 1 fully saturated rings. The summed E-state index contributed by atoms with van der Waals surface area (Å²) in [5, 5.41) is 10.1. The highest BCUT2D eigenvalue weighted by atomic mass is 19.1. The van der Waals surface area contributed by atoms with Crippen LogP contribution in [0.1, 0.15) is 26.2 Å². The van der Waals surface area contributed by atoms with Crippen molar-refractivity contribution in [2.75, 3.05) is 11.4 Å². The van der Waals surface area contributed by atoms with E-state index in [1.807, 2.05) is 0 Å². The predicted octanol–water partition coefficient (Wildman–Crippen LogP) is 3.25. The van der Waals surface area contributed by atoms with Crippen molar-refractivity contribution in [2.45, 2.75) is 38.3 Å². The minimum Gasteiger partial charge on any atom is -0.393 e. The maximum Gasteiger partial charge on any atom is 0.152 e. The van der Waals surface area contributed by atoms with E-state index >= 15 is 0 Å². The van der Waals surface area contributed by atoms with Gasteiger partial charge >= 0.3 is 0 Å². The lowest BCUT2D eigenvalue weighted by atomic mass is 10.1. The summed E-state index contributed by atoms with van der Waals surface area (Å²) in [6.45, 7) is 2.59. The van der Waals surface area contributed by atoms with Gasteiger partial charge in [-0.25, -0.2) is 8.78 Å². The van der Waals surface area contributed by atoms with E-state index in [4.69, 9.17) is 0 Å². The first-order valence-electron chi connectivity index (χ1n) is 7.24. The summed E-state index contributed by atoms with van der Waals surface area (Å²) in [5.41, 5.74) is 0.984. The van der Waals surface area contributed by atoms with Gasteiger partial charge in [0.1, 0.15) is 11.3 Å². The number of hydrogen-bond donors (Lipinski definition) is 1. The Hall–Kier alpha value is -1.75. The maximum absolute atomic E-state index is 13.9. The van der Waals surface area contributed by atoms with E-state index in [1.54, 1.807) is 19.2 Å². The van der Waals surface area contributed by atoms with Gasteiger partial charge in [0.05, 0.1) is 6.10 Å². The summed E-state index contributed by atoms with van der Waals surface area (Å²) in [5.74, 6) is -1.24. The van der Waals surface area contributed by atoms with E-state index in [-0.39, 0.29) is 11.6 Å². The number of anilines is 1. The third kappa shape index (κ3) is 2.70. The first kappa shape index (κ1) is 14.2. The molecule has 2 aromatic rings. The summed E-state index contributed by atoms with van der Waals surface area (Å²) < 4.78 is 27.4. The van der Waals surface area contributed by atoms with Crippen LogP contribution >= 0.6 is 0 Å². The molecule has 1 aliphatic heterocycles. The number of fused-ring (bicyclic) bond motifs is 1. The molecule has 2 heterocycles. The van der Waals surface area contributed by atoms with Gasteiger partial charge in [-0.15, -0.1) is 0 Å². The minimum absolute atomic E-state index is 0.191. The van der Waals surface area contributed by atoms with Crippen LogP contribution in [-0.4, -0.2) is 28.8 Å². The summed E-state index contributed by atoms with van der Waals surface area (Å²) in [6, 6.07) is 4.18. The molecule has 5 heteroatoms. The van der Waals surface area contributed by atoms with Gasteiger partial charge in [0.2, 0.25) is 0 Å². The molecule has 1 aromatic heterocycles. The highest BCUT2D eigenvalue weighted by Gasteiger charge is 2.27. The van der Waals surface area contributed by atoms with Crippen LogP contribution in [0, 0.1) is 11.6 Å². The Morgan fingerprint density at radius 2 is 2.24 bits per heavy atom. The Kier molecular flexibility index (Phi) is 3.76. The summed E-state index contributed by atoms with van der Waals surface area (Å²) in [6.07, 6.45) is 3.81. The molecular weight excluding hydrogens is 274 g/mol. The van der Waals surface area contributed by atoms with Gasteiger partial charge in [-0.3, -0.25) is 4.98 Å². The van der Waals surface area contributed by atoms with Crippen molar-refractivity contribution in [3.8, 4) is 0 Å². The molecule has 1 aromatic carbocycles. The van der Waals surface area contributed by atoms with Crippen molar-refractivity contribution in [3.05, 3.63) is 36.0 Å². The third-order valence-corrected chi connectivity index (χ3v) is 4.04. The highest BCUT2D eigenvalue weighted by molar-refractivity contribution is 5.92. The summed E-state index contributed by atoms with van der Waals surface area (Å²) >= 11 is 0. The van der Waals surface area contributed by atoms with Gasteiger partial charge in [-0.1, -0.05) is 0 Å². The molecule has 1 aliphatic rings. The van der Waals surface area contributed by atoms with Crippen LogP contribution in [-0.2, 0) is 0 Å². The first-order chi connectivity index (χ1) is 10.1. The van der Waals surface area contributed by atoms with Crippen LogP contribution in [0.2, 0.25) is 0 Å². The standard InChI is InChI=1S/C16H18F2N2O/c1-10(21)7-12-3-2-6-20(12)15-4-5-19-16-13(15)8-11(17)9-14(16)18/h4-5,8-10,12,21H,2-3,6-7H2,1H3. The van der Waals surface area contributed by atoms with Crippen LogP contribution in [0.3, 0.4) is 0 Å². The molecule has 3 rings (SSSR count). The maximum atomic E-state index is 13.9. The van der Waals surface area contributed by atoms with E-state index in [0.29, 0.717) is 11.8 Å². The zero-order chi connectivity index (χ0) is 15.0. The molecule has 1 saturated heterocycles. The van der Waals surface area contributed by atoms with Crippen LogP contribution in [0.5, 0.6) is 0 Å². The molecule has 0 saturated carbocycles. The number of hydrogen-bond acceptors (Lipinski definition) is 3. The second kappa shape index (κ2) is 5.56. The van der Waals surface area contributed by atoms with Gasteiger partial charge in [-0.2, -0.15) is 0 Å². The largest absolute Gasteiger partial charge is 0.393 e. The lowest BCUT2D eigenvalue weighted by Crippen LogP contribution is -2.32. The van der Waals surface area contributed by atoms with Gasteiger partial charge < -0.3 is 10.0 Å². The monoisotopic (exact) mass is 292 g/mol. The molecule has 0 amide bonds. The smallest absolute Gasteiger partial charge is 0.152 e. The Bertz CT molecular complexity index is 660. The molecule has 0 radical (unpaired) electrons. The number of pyridine rings is 1. The molecule has 0 aliphatic carbocycles. The average Bonchev–Trinajstić information content (AvgIpc) is 2.85. The fourth-order valence-corrected chi connectivity index (χ4v) is 3.21. The molecule has 112 valence electrons. The molecule has 2 atom stereocenters. The third-order valence-electron chi connectivity index (χ3n) is 4.04. The van der Waals surface area contributed by atoms with Crippen molar-refractivity contribution in [3.63, 3.8) is 0 Å². The molecule has 3 nitrogen and oxygen atoms in total. The van der Waals surface area contributed by atoms with Crippen molar-refractivity contribution in [1.82, 2.24) is 4.98 Å². The first-order valence-corrected chi connectivity index (χ1v) is 7.24. The molecule has 0 bridgehead atoms. The van der Waals surface area contributed by atoms with Crippen molar-refractivity contribution in [2.24, 2.45) is 0 Å². The topological polar surface area (TPSA) is 36.4 Å². The summed E-state index contributed by atoms with van der Waals surface area (Å²) in [7, 11) is 0. The van der Waals surface area contributed by atoms with Gasteiger partial charge in [0, 0.05) is 35.9 Å². The lowest BCUT2D eigenvalue weighted by molar-refractivity contribution is 0.175. The number of halogens is 2. The Morgan fingerprint density at radius 3 is 3.00 bits per heavy atom. The molecule has 1 N–H and O–H groups in total. The van der Waals surface area contributed by atoms with Crippen molar-refractivity contribution in [1.29, 1.82) is 0 Å². The van der Waals surface area contributed by atoms with Crippen LogP contribution in [0.15, 0.2) is 24.4 Å². The van der Waals surface area contributed by atoms with Gasteiger partial charge in [-0.05, 0) is 38.3 Å². The zero-order valence-electron chi connectivity index (χ0n) is 11.9. The molecule has 0 spiro atoms. The number of aliphatic hydroxyl groups is 1. The summed E-state index contributed by atoms with van der Waals surface area (Å²) in [4.78, 5) is 6.16.